The molecule has 4 heterocycles. The molecule has 142 valence electrons. The summed E-state index contributed by atoms with van der Waals surface area (Å²) in [4.78, 5) is 33.5. The standard InChI is InChI=1S/C20H20N6O2/c27-19-15-4-2-1-3-14(15)13-16(22-19)20(28)25-11-9-24(10-12-25)18-6-5-17-21-7-8-26(17)23-18/h1-8,16H,9-13H2,(H,22,27)/t16-/m1/s1. The number of hydrogen-bond donors (Lipinski definition) is 1. The van der Waals surface area contributed by atoms with Crippen LogP contribution < -0.4 is 10.2 Å². The van der Waals surface area contributed by atoms with Crippen LogP contribution in [0, 0.1) is 0 Å². The summed E-state index contributed by atoms with van der Waals surface area (Å²) in [6, 6.07) is 10.9. The maximum Gasteiger partial charge on any atom is 0.252 e. The van der Waals surface area contributed by atoms with Crippen molar-refractivity contribution in [2.24, 2.45) is 0 Å². The number of imidazole rings is 1. The number of fused-ring (bicyclic) bond motifs is 2. The van der Waals surface area contributed by atoms with Crippen LogP contribution >= 0.6 is 0 Å². The zero-order chi connectivity index (χ0) is 19.1. The number of piperazine rings is 1. The predicted octanol–water partition coefficient (Wildman–Crippen LogP) is 0.733. The Labute approximate surface area is 161 Å². The number of carbonyl (C=O) groups excluding carboxylic acids is 2. The molecule has 0 saturated carbocycles. The maximum absolute atomic E-state index is 13.0. The number of amides is 2. The molecule has 1 saturated heterocycles. The highest BCUT2D eigenvalue weighted by molar-refractivity contribution is 6.00. The second-order valence-corrected chi connectivity index (χ2v) is 7.12. The Balaban J connectivity index is 1.25. The lowest BCUT2D eigenvalue weighted by Crippen LogP contribution is -2.57. The Morgan fingerprint density at radius 3 is 2.75 bits per heavy atom. The van der Waals surface area contributed by atoms with E-state index in [2.05, 4.69) is 20.3 Å². The lowest BCUT2D eigenvalue weighted by molar-refractivity contribution is -0.133. The van der Waals surface area contributed by atoms with E-state index in [4.69, 9.17) is 0 Å². The second kappa shape index (κ2) is 6.63. The van der Waals surface area contributed by atoms with Gasteiger partial charge >= 0.3 is 0 Å². The summed E-state index contributed by atoms with van der Waals surface area (Å²) in [5.41, 5.74) is 2.41. The van der Waals surface area contributed by atoms with Crippen molar-refractivity contribution in [3.8, 4) is 0 Å². The van der Waals surface area contributed by atoms with Crippen LogP contribution in [0.2, 0.25) is 0 Å². The summed E-state index contributed by atoms with van der Waals surface area (Å²) in [6.45, 7) is 2.62. The summed E-state index contributed by atoms with van der Waals surface area (Å²) in [6.07, 6.45) is 4.08. The minimum Gasteiger partial charge on any atom is -0.352 e. The molecule has 0 aliphatic carbocycles. The number of hydrogen-bond acceptors (Lipinski definition) is 5. The molecule has 0 radical (unpaired) electrons. The maximum atomic E-state index is 13.0. The molecular formula is C20H20N6O2. The summed E-state index contributed by atoms with van der Waals surface area (Å²) in [7, 11) is 0. The molecule has 5 rings (SSSR count). The molecule has 2 aliphatic rings. The number of carbonyl (C=O) groups is 2. The van der Waals surface area contributed by atoms with Gasteiger partial charge in [-0.05, 0) is 23.8 Å². The normalized spacial score (nSPS) is 19.4. The highest BCUT2D eigenvalue weighted by Gasteiger charge is 2.33. The van der Waals surface area contributed by atoms with Gasteiger partial charge in [-0.25, -0.2) is 9.50 Å². The molecular weight excluding hydrogens is 356 g/mol. The molecule has 3 aromatic rings. The molecule has 2 aromatic heterocycles. The van der Waals surface area contributed by atoms with Gasteiger partial charge in [0.05, 0.1) is 0 Å². The van der Waals surface area contributed by atoms with Gasteiger partial charge in [0, 0.05) is 50.6 Å². The summed E-state index contributed by atoms with van der Waals surface area (Å²) in [5.74, 6) is 0.690. The van der Waals surface area contributed by atoms with Gasteiger partial charge in [0.2, 0.25) is 5.91 Å². The third kappa shape index (κ3) is 2.87. The van der Waals surface area contributed by atoms with Crippen LogP contribution in [-0.2, 0) is 11.2 Å². The molecule has 0 unspecified atom stereocenters. The number of rotatable bonds is 2. The van der Waals surface area contributed by atoms with Gasteiger partial charge in [-0.15, -0.1) is 5.10 Å². The van der Waals surface area contributed by atoms with E-state index in [1.807, 2.05) is 41.4 Å². The van der Waals surface area contributed by atoms with Crippen molar-refractivity contribution in [3.63, 3.8) is 0 Å². The average Bonchev–Trinajstić information content (AvgIpc) is 3.21. The summed E-state index contributed by atoms with van der Waals surface area (Å²) < 4.78 is 1.75. The molecule has 1 aromatic carbocycles. The molecule has 1 fully saturated rings. The number of benzene rings is 1. The number of anilines is 1. The second-order valence-electron chi connectivity index (χ2n) is 7.12. The number of nitrogens with one attached hydrogen (secondary N) is 1. The van der Waals surface area contributed by atoms with E-state index < -0.39 is 6.04 Å². The van der Waals surface area contributed by atoms with Crippen molar-refractivity contribution in [1.82, 2.24) is 24.8 Å². The SMILES string of the molecule is O=C1N[C@@H](C(=O)N2CCN(c3ccc4nccn4n3)CC2)Cc2ccccc21. The molecule has 0 bridgehead atoms. The Morgan fingerprint density at radius 2 is 1.89 bits per heavy atom. The minimum atomic E-state index is -0.491. The van der Waals surface area contributed by atoms with Crippen molar-refractivity contribution in [2.45, 2.75) is 12.5 Å². The first-order chi connectivity index (χ1) is 13.7. The van der Waals surface area contributed by atoms with E-state index >= 15 is 0 Å². The van der Waals surface area contributed by atoms with Gasteiger partial charge in [0.1, 0.15) is 11.9 Å². The van der Waals surface area contributed by atoms with Crippen LogP contribution in [-0.4, -0.2) is 63.5 Å². The van der Waals surface area contributed by atoms with E-state index in [-0.39, 0.29) is 11.8 Å². The summed E-state index contributed by atoms with van der Waals surface area (Å²) in [5, 5.41) is 7.44. The van der Waals surface area contributed by atoms with Gasteiger partial charge in [-0.3, -0.25) is 9.59 Å². The quantitative estimate of drug-likeness (QED) is 0.713. The molecule has 8 heteroatoms. The third-order valence-electron chi connectivity index (χ3n) is 5.45. The Morgan fingerprint density at radius 1 is 1.07 bits per heavy atom. The lowest BCUT2D eigenvalue weighted by atomic mass is 9.94. The van der Waals surface area contributed by atoms with Gasteiger partial charge in [-0.1, -0.05) is 18.2 Å². The van der Waals surface area contributed by atoms with E-state index in [1.54, 1.807) is 16.8 Å². The first kappa shape index (κ1) is 16.7. The molecule has 2 aliphatic heterocycles. The van der Waals surface area contributed by atoms with Crippen molar-refractivity contribution in [2.75, 3.05) is 31.1 Å². The van der Waals surface area contributed by atoms with E-state index in [9.17, 15) is 9.59 Å². The highest BCUT2D eigenvalue weighted by Crippen LogP contribution is 2.19. The van der Waals surface area contributed by atoms with Crippen LogP contribution in [0.1, 0.15) is 15.9 Å². The van der Waals surface area contributed by atoms with Gasteiger partial charge in [0.15, 0.2) is 5.65 Å². The zero-order valence-electron chi connectivity index (χ0n) is 15.3. The fourth-order valence-electron chi connectivity index (χ4n) is 3.93. The molecule has 1 N–H and O–H groups in total. The molecule has 1 atom stereocenters. The van der Waals surface area contributed by atoms with E-state index in [0.29, 0.717) is 38.2 Å². The Hall–Kier alpha value is -3.42. The van der Waals surface area contributed by atoms with Gasteiger partial charge in [0.25, 0.3) is 5.91 Å². The van der Waals surface area contributed by atoms with E-state index in [0.717, 1.165) is 17.0 Å². The first-order valence-corrected chi connectivity index (χ1v) is 9.42. The van der Waals surface area contributed by atoms with Crippen LogP contribution in [0.15, 0.2) is 48.8 Å². The monoisotopic (exact) mass is 376 g/mol. The predicted molar refractivity (Wildman–Crippen MR) is 103 cm³/mol. The van der Waals surface area contributed by atoms with Crippen molar-refractivity contribution in [3.05, 3.63) is 59.9 Å². The minimum absolute atomic E-state index is 0.0134. The van der Waals surface area contributed by atoms with Gasteiger partial charge in [-0.2, -0.15) is 0 Å². The van der Waals surface area contributed by atoms with Crippen molar-refractivity contribution < 1.29 is 9.59 Å². The molecule has 8 nitrogen and oxygen atoms in total. The first-order valence-electron chi connectivity index (χ1n) is 9.42. The van der Waals surface area contributed by atoms with Gasteiger partial charge < -0.3 is 15.1 Å². The molecule has 2 amide bonds. The zero-order valence-corrected chi connectivity index (χ0v) is 15.3. The fourth-order valence-corrected chi connectivity index (χ4v) is 3.93. The molecule has 28 heavy (non-hydrogen) atoms. The largest absolute Gasteiger partial charge is 0.352 e. The smallest absolute Gasteiger partial charge is 0.252 e. The van der Waals surface area contributed by atoms with Crippen LogP contribution in [0.3, 0.4) is 0 Å². The Bertz CT molecular complexity index is 1050. The lowest BCUT2D eigenvalue weighted by Gasteiger charge is -2.37. The van der Waals surface area contributed by atoms with E-state index in [1.165, 1.54) is 0 Å². The molecule has 0 spiro atoms. The highest BCUT2D eigenvalue weighted by atomic mass is 16.2. The summed E-state index contributed by atoms with van der Waals surface area (Å²) >= 11 is 0. The van der Waals surface area contributed by atoms with Crippen molar-refractivity contribution in [1.29, 1.82) is 0 Å². The van der Waals surface area contributed by atoms with Crippen molar-refractivity contribution >= 4 is 23.3 Å². The van der Waals surface area contributed by atoms with Crippen LogP contribution in [0.4, 0.5) is 5.82 Å². The third-order valence-corrected chi connectivity index (χ3v) is 5.45. The number of aromatic nitrogens is 3. The van der Waals surface area contributed by atoms with Crippen LogP contribution in [0.25, 0.3) is 5.65 Å². The fraction of sp³-hybridized carbons (Fsp3) is 0.300. The average molecular weight is 376 g/mol. The Kier molecular flexibility index (Phi) is 3.96. The van der Waals surface area contributed by atoms with Crippen LogP contribution in [0.5, 0.6) is 0 Å². The number of nitrogens with zero attached hydrogens (tertiary/aromatic N) is 5. The topological polar surface area (TPSA) is 82.8 Å².